The molecule has 2 rings (SSSR count). The highest BCUT2D eigenvalue weighted by molar-refractivity contribution is 6.30. The first-order valence-corrected chi connectivity index (χ1v) is 7.69. The van der Waals surface area contributed by atoms with E-state index in [1.165, 1.54) is 4.90 Å². The number of likely N-dealkylation sites (tertiary alicyclic amines) is 1. The van der Waals surface area contributed by atoms with Crippen molar-refractivity contribution in [2.24, 2.45) is 0 Å². The molecule has 0 spiro atoms. The molecule has 0 bridgehead atoms. The third kappa shape index (κ3) is 4.52. The summed E-state index contributed by atoms with van der Waals surface area (Å²) < 4.78 is 11.2. The van der Waals surface area contributed by atoms with Gasteiger partial charge in [-0.3, -0.25) is 4.90 Å². The lowest BCUT2D eigenvalue weighted by molar-refractivity contribution is 0.0165. The summed E-state index contributed by atoms with van der Waals surface area (Å²) in [7, 11) is 0. The van der Waals surface area contributed by atoms with E-state index >= 15 is 0 Å². The zero-order valence-corrected chi connectivity index (χ0v) is 13.8. The van der Waals surface area contributed by atoms with Gasteiger partial charge in [-0.1, -0.05) is 17.7 Å². The largest absolute Gasteiger partial charge is 0.488 e. The number of carbonyl (C=O) groups excluding carboxylic acids is 1. The van der Waals surface area contributed by atoms with Crippen molar-refractivity contribution in [3.8, 4) is 5.75 Å². The van der Waals surface area contributed by atoms with E-state index in [1.807, 2.05) is 32.9 Å². The number of ether oxygens (including phenoxy) is 2. The van der Waals surface area contributed by atoms with E-state index in [0.717, 1.165) is 0 Å². The molecule has 1 aromatic carbocycles. The van der Waals surface area contributed by atoms with Gasteiger partial charge >= 0.3 is 6.09 Å². The van der Waals surface area contributed by atoms with E-state index < -0.39 is 11.7 Å². The number of aliphatic hydroxyl groups is 1. The zero-order valence-electron chi connectivity index (χ0n) is 13.1. The monoisotopic (exact) mass is 327 g/mol. The quantitative estimate of drug-likeness (QED) is 0.926. The van der Waals surface area contributed by atoms with Gasteiger partial charge in [0.15, 0.2) is 0 Å². The van der Waals surface area contributed by atoms with Crippen molar-refractivity contribution in [3.05, 3.63) is 29.3 Å². The van der Waals surface area contributed by atoms with Gasteiger partial charge in [0.2, 0.25) is 0 Å². The van der Waals surface area contributed by atoms with Crippen molar-refractivity contribution in [2.75, 3.05) is 13.2 Å². The number of carbonyl (C=O) groups is 1. The minimum absolute atomic E-state index is 0.116. The first-order chi connectivity index (χ1) is 10.3. The summed E-state index contributed by atoms with van der Waals surface area (Å²) in [5.41, 5.74) is -0.566. The fourth-order valence-electron chi connectivity index (χ4n) is 2.41. The van der Waals surface area contributed by atoms with Gasteiger partial charge in [0.1, 0.15) is 17.5 Å². The number of nitrogens with zero attached hydrogens (tertiary/aromatic N) is 1. The summed E-state index contributed by atoms with van der Waals surface area (Å²) in [5.74, 6) is 0.653. The normalized spacial score (nSPS) is 21.8. The van der Waals surface area contributed by atoms with E-state index in [1.54, 1.807) is 12.1 Å². The third-order valence-corrected chi connectivity index (χ3v) is 3.55. The van der Waals surface area contributed by atoms with Crippen LogP contribution in [0, 0.1) is 0 Å². The molecule has 1 amide bonds. The molecule has 0 aromatic heterocycles. The molecule has 1 aliphatic heterocycles. The van der Waals surface area contributed by atoms with Gasteiger partial charge in [0.05, 0.1) is 19.2 Å². The van der Waals surface area contributed by atoms with E-state index in [9.17, 15) is 9.90 Å². The second-order valence-corrected chi connectivity index (χ2v) is 6.84. The fraction of sp³-hybridized carbons (Fsp3) is 0.562. The van der Waals surface area contributed by atoms with Crippen LogP contribution in [0.4, 0.5) is 4.79 Å². The average molecular weight is 328 g/mol. The van der Waals surface area contributed by atoms with Gasteiger partial charge in [-0.2, -0.15) is 0 Å². The number of hydrogen-bond acceptors (Lipinski definition) is 4. The highest BCUT2D eigenvalue weighted by Crippen LogP contribution is 2.26. The fourth-order valence-corrected chi connectivity index (χ4v) is 2.59. The lowest BCUT2D eigenvalue weighted by Gasteiger charge is -2.27. The van der Waals surface area contributed by atoms with Gasteiger partial charge in [-0.05, 0) is 39.0 Å². The van der Waals surface area contributed by atoms with Crippen LogP contribution in [0.3, 0.4) is 0 Å². The molecule has 1 saturated heterocycles. The molecule has 2 atom stereocenters. The van der Waals surface area contributed by atoms with Crippen LogP contribution in [0.2, 0.25) is 5.02 Å². The Morgan fingerprint density at radius 1 is 1.45 bits per heavy atom. The molecule has 0 saturated carbocycles. The third-order valence-electron chi connectivity index (χ3n) is 3.31. The Labute approximate surface area is 135 Å². The molecule has 1 fully saturated rings. The van der Waals surface area contributed by atoms with Crippen molar-refractivity contribution < 1.29 is 19.4 Å². The maximum atomic E-state index is 12.2. The number of rotatable bonds is 3. The predicted molar refractivity (Wildman–Crippen MR) is 84.3 cm³/mol. The average Bonchev–Trinajstić information content (AvgIpc) is 2.80. The van der Waals surface area contributed by atoms with Crippen LogP contribution in [0.1, 0.15) is 27.2 Å². The van der Waals surface area contributed by atoms with Crippen molar-refractivity contribution in [1.82, 2.24) is 4.90 Å². The van der Waals surface area contributed by atoms with Crippen LogP contribution in [-0.2, 0) is 4.74 Å². The Kier molecular flexibility index (Phi) is 5.19. The number of hydrogen-bond donors (Lipinski definition) is 1. The minimum Gasteiger partial charge on any atom is -0.488 e. The lowest BCUT2D eigenvalue weighted by atomic mass is 10.2. The van der Waals surface area contributed by atoms with Crippen molar-refractivity contribution >= 4 is 17.7 Å². The maximum Gasteiger partial charge on any atom is 0.410 e. The van der Waals surface area contributed by atoms with Crippen LogP contribution in [0.15, 0.2) is 24.3 Å². The Hall–Kier alpha value is -1.46. The molecular formula is C16H22ClNO4. The topological polar surface area (TPSA) is 59.0 Å². The number of aliphatic hydroxyl groups excluding tert-OH is 1. The van der Waals surface area contributed by atoms with E-state index in [2.05, 4.69) is 0 Å². The SMILES string of the molecule is CC(C)(C)OC(=O)N1C[C@@H](Oc2cccc(Cl)c2)C[C@H]1CO. The maximum absolute atomic E-state index is 12.2. The van der Waals surface area contributed by atoms with Crippen molar-refractivity contribution in [2.45, 2.75) is 44.9 Å². The molecule has 1 N–H and O–H groups in total. The summed E-state index contributed by atoms with van der Waals surface area (Å²) >= 11 is 5.93. The molecular weight excluding hydrogens is 306 g/mol. The standard InChI is InChI=1S/C16H22ClNO4/c1-16(2,3)22-15(20)18-9-14(8-12(18)10-19)21-13-6-4-5-11(17)7-13/h4-7,12,14,19H,8-10H2,1-3H3/t12-,14-/m0/s1. The molecule has 0 aliphatic carbocycles. The molecule has 0 radical (unpaired) electrons. The predicted octanol–water partition coefficient (Wildman–Crippen LogP) is 3.09. The number of halogens is 1. The summed E-state index contributed by atoms with van der Waals surface area (Å²) in [6.07, 6.45) is -0.0608. The van der Waals surface area contributed by atoms with E-state index in [4.69, 9.17) is 21.1 Å². The number of amides is 1. The minimum atomic E-state index is -0.566. The number of benzene rings is 1. The highest BCUT2D eigenvalue weighted by Gasteiger charge is 2.38. The van der Waals surface area contributed by atoms with E-state index in [0.29, 0.717) is 23.7 Å². The summed E-state index contributed by atoms with van der Waals surface area (Å²) in [6, 6.07) is 6.83. The van der Waals surface area contributed by atoms with Crippen LogP contribution in [0.5, 0.6) is 5.75 Å². The zero-order chi connectivity index (χ0) is 16.3. The van der Waals surface area contributed by atoms with Gasteiger partial charge in [0.25, 0.3) is 0 Å². The van der Waals surface area contributed by atoms with Gasteiger partial charge in [-0.15, -0.1) is 0 Å². The van der Waals surface area contributed by atoms with Gasteiger partial charge in [-0.25, -0.2) is 4.79 Å². The molecule has 0 unspecified atom stereocenters. The Bertz CT molecular complexity index is 529. The second-order valence-electron chi connectivity index (χ2n) is 6.40. The Morgan fingerprint density at radius 2 is 2.18 bits per heavy atom. The Balaban J connectivity index is 2.01. The molecule has 1 aliphatic rings. The van der Waals surface area contributed by atoms with Crippen LogP contribution in [-0.4, -0.2) is 47.0 Å². The van der Waals surface area contributed by atoms with Crippen LogP contribution in [0.25, 0.3) is 0 Å². The van der Waals surface area contributed by atoms with E-state index in [-0.39, 0.29) is 18.8 Å². The van der Waals surface area contributed by atoms with Crippen LogP contribution >= 0.6 is 11.6 Å². The molecule has 22 heavy (non-hydrogen) atoms. The molecule has 1 aromatic rings. The summed E-state index contributed by atoms with van der Waals surface area (Å²) in [5, 5.41) is 10.1. The molecule has 5 nitrogen and oxygen atoms in total. The van der Waals surface area contributed by atoms with Gasteiger partial charge < -0.3 is 14.6 Å². The first-order valence-electron chi connectivity index (χ1n) is 7.31. The van der Waals surface area contributed by atoms with Crippen LogP contribution < -0.4 is 4.74 Å². The molecule has 122 valence electrons. The smallest absolute Gasteiger partial charge is 0.410 e. The van der Waals surface area contributed by atoms with Gasteiger partial charge in [0, 0.05) is 11.4 Å². The highest BCUT2D eigenvalue weighted by atomic mass is 35.5. The van der Waals surface area contributed by atoms with Crippen molar-refractivity contribution in [3.63, 3.8) is 0 Å². The second kappa shape index (κ2) is 6.75. The molecule has 1 heterocycles. The molecule has 6 heteroatoms. The van der Waals surface area contributed by atoms with Crippen molar-refractivity contribution in [1.29, 1.82) is 0 Å². The summed E-state index contributed by atoms with van der Waals surface area (Å²) in [4.78, 5) is 13.7. The Morgan fingerprint density at radius 3 is 2.77 bits per heavy atom. The first kappa shape index (κ1) is 16.9. The lowest BCUT2D eigenvalue weighted by Crippen LogP contribution is -2.41. The summed E-state index contributed by atoms with van der Waals surface area (Å²) in [6.45, 7) is 5.71.